The molecule has 0 atom stereocenters. The second kappa shape index (κ2) is 10.9. The minimum absolute atomic E-state index is 0.721. The van der Waals surface area contributed by atoms with Gasteiger partial charge in [0.1, 0.15) is 0 Å². The minimum atomic E-state index is 0.721. The van der Waals surface area contributed by atoms with Crippen LogP contribution in [-0.2, 0) is 0 Å². The first-order valence-corrected chi connectivity index (χ1v) is 15.3. The van der Waals surface area contributed by atoms with E-state index in [4.69, 9.17) is 23.2 Å². The zero-order valence-electron chi connectivity index (χ0n) is 23.7. The molecule has 0 aliphatic heterocycles. The summed E-state index contributed by atoms with van der Waals surface area (Å²) in [5.41, 5.74) is 6.50. The SMILES string of the molecule is Clc1ccc(N(c2ccccc2)c2cc3ccc4cc(N(c5ccccc5)c5ccc(Cl)cc5)cc5ccc(c2)c3c45)cc1. The smallest absolute Gasteiger partial charge is 0.0473 e. The third kappa shape index (κ3) is 4.69. The first-order valence-electron chi connectivity index (χ1n) is 14.6. The summed E-state index contributed by atoms with van der Waals surface area (Å²) >= 11 is 12.5. The Morgan fingerprint density at radius 3 is 0.909 bits per heavy atom. The van der Waals surface area contributed by atoms with Gasteiger partial charge in [0.25, 0.3) is 0 Å². The van der Waals surface area contributed by atoms with Crippen molar-refractivity contribution in [3.8, 4) is 0 Å². The Bertz CT molecular complexity index is 2000. The molecule has 0 amide bonds. The molecule has 0 radical (unpaired) electrons. The van der Waals surface area contributed by atoms with Crippen LogP contribution in [0.25, 0.3) is 32.3 Å². The molecule has 0 unspecified atom stereocenters. The summed E-state index contributed by atoms with van der Waals surface area (Å²) in [5.74, 6) is 0. The molecule has 0 fully saturated rings. The van der Waals surface area contributed by atoms with E-state index in [0.29, 0.717) is 0 Å². The topological polar surface area (TPSA) is 6.48 Å². The summed E-state index contributed by atoms with van der Waals surface area (Å²) in [6.45, 7) is 0. The highest BCUT2D eigenvalue weighted by atomic mass is 35.5. The van der Waals surface area contributed by atoms with Crippen molar-refractivity contribution >= 4 is 89.6 Å². The predicted octanol–water partition coefficient (Wildman–Crippen LogP) is 12.8. The highest BCUT2D eigenvalue weighted by molar-refractivity contribution is 6.31. The zero-order chi connectivity index (χ0) is 29.6. The number of para-hydroxylation sites is 2. The molecule has 0 saturated heterocycles. The molecule has 0 saturated carbocycles. The van der Waals surface area contributed by atoms with Crippen molar-refractivity contribution in [1.29, 1.82) is 0 Å². The van der Waals surface area contributed by atoms with E-state index in [1.54, 1.807) is 0 Å². The van der Waals surface area contributed by atoms with E-state index in [9.17, 15) is 0 Å². The van der Waals surface area contributed by atoms with E-state index in [1.807, 2.05) is 36.4 Å². The maximum absolute atomic E-state index is 6.27. The van der Waals surface area contributed by atoms with Gasteiger partial charge < -0.3 is 9.80 Å². The number of hydrogen-bond donors (Lipinski definition) is 0. The molecule has 4 heteroatoms. The van der Waals surface area contributed by atoms with Crippen molar-refractivity contribution in [3.05, 3.63) is 168 Å². The lowest BCUT2D eigenvalue weighted by Crippen LogP contribution is -2.10. The van der Waals surface area contributed by atoms with Gasteiger partial charge in [-0.25, -0.2) is 0 Å². The first kappa shape index (κ1) is 26.6. The summed E-state index contributed by atoms with van der Waals surface area (Å²) < 4.78 is 0. The molecule has 0 aliphatic carbocycles. The molecule has 0 aliphatic rings. The van der Waals surface area contributed by atoms with Gasteiger partial charge in [-0.15, -0.1) is 0 Å². The molecule has 8 rings (SSSR count). The van der Waals surface area contributed by atoms with Crippen LogP contribution in [0.3, 0.4) is 0 Å². The van der Waals surface area contributed by atoms with Crippen molar-refractivity contribution in [2.24, 2.45) is 0 Å². The van der Waals surface area contributed by atoms with E-state index in [0.717, 1.165) is 44.2 Å². The number of anilines is 6. The van der Waals surface area contributed by atoms with Crippen LogP contribution in [0.2, 0.25) is 10.0 Å². The van der Waals surface area contributed by atoms with E-state index in [-0.39, 0.29) is 0 Å². The van der Waals surface area contributed by atoms with Gasteiger partial charge in [-0.05, 0) is 129 Å². The lowest BCUT2D eigenvalue weighted by atomic mass is 9.93. The summed E-state index contributed by atoms with van der Waals surface area (Å²) in [7, 11) is 0. The van der Waals surface area contributed by atoms with Crippen LogP contribution in [-0.4, -0.2) is 0 Å². The van der Waals surface area contributed by atoms with Crippen molar-refractivity contribution < 1.29 is 0 Å². The standard InChI is InChI=1S/C40H26Cl2N2/c41-31-15-19-35(20-16-31)43(33-7-3-1-4-8-33)37-23-27-11-13-29-25-38(26-30-14-12-28(24-37)39(27)40(29)30)44(34-9-5-2-6-10-34)36-21-17-32(42)18-22-36/h1-26H. The molecule has 210 valence electrons. The third-order valence-corrected chi connectivity index (χ3v) is 8.72. The van der Waals surface area contributed by atoms with Gasteiger partial charge in [-0.1, -0.05) is 83.9 Å². The van der Waals surface area contributed by atoms with Gasteiger partial charge in [-0.3, -0.25) is 0 Å². The van der Waals surface area contributed by atoms with E-state index in [2.05, 4.69) is 131 Å². The highest BCUT2D eigenvalue weighted by Gasteiger charge is 2.18. The van der Waals surface area contributed by atoms with Crippen molar-refractivity contribution in [2.45, 2.75) is 0 Å². The number of hydrogen-bond acceptors (Lipinski definition) is 2. The lowest BCUT2D eigenvalue weighted by Gasteiger charge is -2.27. The Morgan fingerprint density at radius 1 is 0.295 bits per heavy atom. The lowest BCUT2D eigenvalue weighted by molar-refractivity contribution is 1.29. The fourth-order valence-corrected chi connectivity index (χ4v) is 6.54. The average molecular weight is 606 g/mol. The second-order valence-electron chi connectivity index (χ2n) is 11.0. The Hall–Kier alpha value is -5.02. The average Bonchev–Trinajstić information content (AvgIpc) is 3.06. The van der Waals surface area contributed by atoms with Gasteiger partial charge >= 0.3 is 0 Å². The largest absolute Gasteiger partial charge is 0.310 e. The summed E-state index contributed by atoms with van der Waals surface area (Å²) in [6, 6.07) is 55.1. The van der Waals surface area contributed by atoms with Gasteiger partial charge in [-0.2, -0.15) is 0 Å². The maximum atomic E-state index is 6.27. The van der Waals surface area contributed by atoms with Crippen LogP contribution in [0.15, 0.2) is 158 Å². The fourth-order valence-electron chi connectivity index (χ4n) is 6.29. The molecular weight excluding hydrogens is 579 g/mol. The van der Waals surface area contributed by atoms with Gasteiger partial charge in [0, 0.05) is 44.2 Å². The Morgan fingerprint density at radius 2 is 0.591 bits per heavy atom. The third-order valence-electron chi connectivity index (χ3n) is 8.22. The summed E-state index contributed by atoms with van der Waals surface area (Å²) in [5, 5.41) is 8.81. The van der Waals surface area contributed by atoms with E-state index < -0.39 is 0 Å². The van der Waals surface area contributed by atoms with Gasteiger partial charge in [0.05, 0.1) is 0 Å². The van der Waals surface area contributed by atoms with E-state index in [1.165, 1.54) is 32.3 Å². The first-order chi connectivity index (χ1) is 21.6. The minimum Gasteiger partial charge on any atom is -0.310 e. The van der Waals surface area contributed by atoms with Crippen LogP contribution in [0, 0.1) is 0 Å². The van der Waals surface area contributed by atoms with Crippen molar-refractivity contribution in [2.75, 3.05) is 9.80 Å². The quantitative estimate of drug-likeness (QED) is 0.174. The molecule has 0 aromatic heterocycles. The Labute approximate surface area is 266 Å². The molecule has 0 N–H and O–H groups in total. The van der Waals surface area contributed by atoms with Crippen LogP contribution in [0.1, 0.15) is 0 Å². The molecule has 0 bridgehead atoms. The van der Waals surface area contributed by atoms with Gasteiger partial charge in [0.2, 0.25) is 0 Å². The van der Waals surface area contributed by atoms with Crippen LogP contribution in [0.5, 0.6) is 0 Å². The van der Waals surface area contributed by atoms with Crippen molar-refractivity contribution in [1.82, 2.24) is 0 Å². The van der Waals surface area contributed by atoms with E-state index >= 15 is 0 Å². The van der Waals surface area contributed by atoms with Crippen LogP contribution >= 0.6 is 23.2 Å². The van der Waals surface area contributed by atoms with Crippen molar-refractivity contribution in [3.63, 3.8) is 0 Å². The summed E-state index contributed by atoms with van der Waals surface area (Å²) in [4.78, 5) is 4.57. The molecule has 44 heavy (non-hydrogen) atoms. The molecular formula is C40H26Cl2N2. The highest BCUT2D eigenvalue weighted by Crippen LogP contribution is 2.44. The zero-order valence-corrected chi connectivity index (χ0v) is 25.2. The fraction of sp³-hybridized carbons (Fsp3) is 0. The second-order valence-corrected chi connectivity index (χ2v) is 11.8. The van der Waals surface area contributed by atoms with Gasteiger partial charge in [0.15, 0.2) is 0 Å². The molecule has 2 nitrogen and oxygen atoms in total. The normalized spacial score (nSPS) is 11.4. The Kier molecular flexibility index (Phi) is 6.60. The molecule has 8 aromatic carbocycles. The number of rotatable bonds is 6. The monoisotopic (exact) mass is 604 g/mol. The maximum Gasteiger partial charge on any atom is 0.0473 e. The molecule has 0 heterocycles. The molecule has 8 aromatic rings. The number of benzene rings is 8. The summed E-state index contributed by atoms with van der Waals surface area (Å²) in [6.07, 6.45) is 0. The molecule has 0 spiro atoms. The number of halogens is 2. The number of nitrogens with zero attached hydrogens (tertiary/aromatic N) is 2. The predicted molar refractivity (Wildman–Crippen MR) is 190 cm³/mol. The Balaban J connectivity index is 1.31. The van der Waals surface area contributed by atoms with Crippen LogP contribution < -0.4 is 9.80 Å². The van der Waals surface area contributed by atoms with Crippen LogP contribution in [0.4, 0.5) is 34.1 Å².